The summed E-state index contributed by atoms with van der Waals surface area (Å²) in [7, 11) is 0. The summed E-state index contributed by atoms with van der Waals surface area (Å²) in [5.74, 6) is 0.840. The minimum atomic E-state index is -0.982. The molecule has 7 heteroatoms. The second-order valence-corrected chi connectivity index (χ2v) is 8.24. The molecule has 1 aromatic carbocycles. The van der Waals surface area contributed by atoms with Gasteiger partial charge in [0.25, 0.3) is 0 Å². The number of carbonyl (C=O) groups excluding carboxylic acids is 2. The third-order valence-corrected chi connectivity index (χ3v) is 5.79. The van der Waals surface area contributed by atoms with Crippen LogP contribution in [0.1, 0.15) is 37.9 Å². The van der Waals surface area contributed by atoms with Gasteiger partial charge in [0.1, 0.15) is 5.82 Å². The predicted molar refractivity (Wildman–Crippen MR) is 120 cm³/mol. The van der Waals surface area contributed by atoms with Gasteiger partial charge in [0.2, 0.25) is 0 Å². The summed E-state index contributed by atoms with van der Waals surface area (Å²) in [6, 6.07) is 11.8. The lowest BCUT2D eigenvalue weighted by Crippen LogP contribution is -2.35. The van der Waals surface area contributed by atoms with Crippen molar-refractivity contribution >= 4 is 29.0 Å². The smallest absolute Gasteiger partial charge is 0.309 e. The normalized spacial score (nSPS) is 14.6. The summed E-state index contributed by atoms with van der Waals surface area (Å²) < 4.78 is 0. The zero-order valence-corrected chi connectivity index (χ0v) is 17.9. The maximum absolute atomic E-state index is 11.2. The molecule has 30 heavy (non-hydrogen) atoms. The molecule has 1 aliphatic heterocycles. The highest BCUT2D eigenvalue weighted by Crippen LogP contribution is 2.28. The Labute approximate surface area is 178 Å². The Hall–Kier alpha value is -3.09. The molecule has 0 bridgehead atoms. The number of anilines is 3. The van der Waals surface area contributed by atoms with Crippen LogP contribution in [0, 0.1) is 18.8 Å². The summed E-state index contributed by atoms with van der Waals surface area (Å²) in [6.45, 7) is 9.02. The molecule has 0 radical (unpaired) electrons. The quantitative estimate of drug-likeness (QED) is 0.637. The third kappa shape index (κ3) is 5.49. The number of hydrogen-bond donors (Lipinski definition) is 3. The van der Waals surface area contributed by atoms with E-state index >= 15 is 0 Å². The van der Waals surface area contributed by atoms with Gasteiger partial charge in [-0.25, -0.2) is 4.98 Å². The topological polar surface area (TPSA) is 100 Å². The van der Waals surface area contributed by atoms with Crippen LogP contribution in [0.5, 0.6) is 0 Å². The number of hydrogen-bond acceptors (Lipinski definition) is 5. The van der Waals surface area contributed by atoms with Crippen molar-refractivity contribution < 1.29 is 9.59 Å². The van der Waals surface area contributed by atoms with Crippen molar-refractivity contribution in [2.24, 2.45) is 17.6 Å². The Morgan fingerprint density at radius 2 is 1.80 bits per heavy atom. The summed E-state index contributed by atoms with van der Waals surface area (Å²) in [4.78, 5) is 29.2. The van der Waals surface area contributed by atoms with E-state index in [1.54, 1.807) is 0 Å². The Kier molecular flexibility index (Phi) is 6.92. The number of piperidine rings is 1. The lowest BCUT2D eigenvalue weighted by molar-refractivity contribution is -0.137. The highest BCUT2D eigenvalue weighted by Gasteiger charge is 2.22. The number of carbonyl (C=O) groups is 2. The fraction of sp³-hybridized carbons (Fsp3) is 0.435. The van der Waals surface area contributed by atoms with Crippen LogP contribution in [0.15, 0.2) is 36.4 Å². The van der Waals surface area contributed by atoms with E-state index in [0.717, 1.165) is 53.4 Å². The van der Waals surface area contributed by atoms with E-state index in [1.165, 1.54) is 12.8 Å². The lowest BCUT2D eigenvalue weighted by Gasteiger charge is -2.34. The number of primary amides is 1. The van der Waals surface area contributed by atoms with E-state index in [4.69, 9.17) is 10.7 Å². The van der Waals surface area contributed by atoms with Gasteiger partial charge in [-0.15, -0.1) is 0 Å². The molecule has 0 aliphatic carbocycles. The Bertz CT molecular complexity index is 887. The highest BCUT2D eigenvalue weighted by atomic mass is 16.2. The molecule has 4 N–H and O–H groups in total. The van der Waals surface area contributed by atoms with Crippen molar-refractivity contribution in [3.8, 4) is 0 Å². The van der Waals surface area contributed by atoms with Crippen molar-refractivity contribution in [3.05, 3.63) is 47.7 Å². The second-order valence-electron chi connectivity index (χ2n) is 8.24. The number of rotatable bonds is 6. The number of pyridine rings is 1. The van der Waals surface area contributed by atoms with Crippen LogP contribution in [-0.2, 0) is 16.1 Å². The fourth-order valence-corrected chi connectivity index (χ4v) is 3.78. The van der Waals surface area contributed by atoms with Gasteiger partial charge in [0.15, 0.2) is 0 Å². The van der Waals surface area contributed by atoms with Crippen molar-refractivity contribution in [1.82, 2.24) is 10.3 Å². The van der Waals surface area contributed by atoms with E-state index in [2.05, 4.69) is 41.5 Å². The summed E-state index contributed by atoms with van der Waals surface area (Å²) in [6.07, 6.45) is 2.45. The van der Waals surface area contributed by atoms with Crippen LogP contribution in [0.3, 0.4) is 0 Å². The summed E-state index contributed by atoms with van der Waals surface area (Å²) in [5.41, 5.74) is 8.65. The van der Waals surface area contributed by atoms with Crippen LogP contribution in [0.4, 0.5) is 17.2 Å². The van der Waals surface area contributed by atoms with Crippen molar-refractivity contribution in [2.45, 2.75) is 40.2 Å². The Morgan fingerprint density at radius 1 is 1.13 bits per heavy atom. The van der Waals surface area contributed by atoms with Crippen LogP contribution in [0.25, 0.3) is 0 Å². The first-order valence-electron chi connectivity index (χ1n) is 10.5. The average molecular weight is 410 g/mol. The summed E-state index contributed by atoms with van der Waals surface area (Å²) in [5, 5.41) is 5.87. The number of aryl methyl sites for hydroxylation is 1. The molecule has 1 aliphatic rings. The molecule has 1 aromatic heterocycles. The zero-order valence-electron chi connectivity index (χ0n) is 17.9. The lowest BCUT2D eigenvalue weighted by atomic mass is 9.87. The second kappa shape index (κ2) is 9.61. The number of nitrogens with one attached hydrogen (secondary N) is 2. The molecule has 3 rings (SSSR count). The van der Waals surface area contributed by atoms with Gasteiger partial charge in [-0.05, 0) is 61.4 Å². The number of amides is 2. The van der Waals surface area contributed by atoms with Gasteiger partial charge >= 0.3 is 11.8 Å². The van der Waals surface area contributed by atoms with Gasteiger partial charge in [-0.2, -0.15) is 0 Å². The fourth-order valence-electron chi connectivity index (χ4n) is 3.78. The van der Waals surface area contributed by atoms with Crippen molar-refractivity contribution in [1.29, 1.82) is 0 Å². The van der Waals surface area contributed by atoms with Gasteiger partial charge in [0.05, 0.1) is 11.4 Å². The first-order valence-corrected chi connectivity index (χ1v) is 10.5. The van der Waals surface area contributed by atoms with E-state index in [0.29, 0.717) is 0 Å². The first kappa shape index (κ1) is 21.6. The number of nitrogens with two attached hydrogens (primary N) is 1. The first-order chi connectivity index (χ1) is 14.3. The van der Waals surface area contributed by atoms with Gasteiger partial charge in [-0.1, -0.05) is 26.0 Å². The Balaban J connectivity index is 1.58. The van der Waals surface area contributed by atoms with Gasteiger partial charge < -0.3 is 21.3 Å². The molecule has 0 atom stereocenters. The maximum atomic E-state index is 11.2. The predicted octanol–water partition coefficient (Wildman–Crippen LogP) is 3.11. The third-order valence-electron chi connectivity index (χ3n) is 5.79. The molecule has 0 unspecified atom stereocenters. The molecular formula is C23H31N5O2. The molecule has 2 amide bonds. The van der Waals surface area contributed by atoms with E-state index < -0.39 is 11.8 Å². The average Bonchev–Trinajstić information content (AvgIpc) is 2.74. The standard InChI is InChI=1S/C23H31N5O2/c1-15(2)18-10-12-28(13-11-18)21-9-8-20(16(3)26-21)27-19-6-4-17(5-7-19)14-25-23(30)22(24)29/h4-9,15,18,27H,10-14H2,1-3H3,(H2,24,29)(H,25,30). The molecular weight excluding hydrogens is 378 g/mol. The molecule has 1 fully saturated rings. The molecule has 1 saturated heterocycles. The highest BCUT2D eigenvalue weighted by molar-refractivity contribution is 6.34. The molecule has 2 heterocycles. The van der Waals surface area contributed by atoms with Gasteiger partial charge in [-0.3, -0.25) is 9.59 Å². The van der Waals surface area contributed by atoms with Crippen LogP contribution in [-0.4, -0.2) is 29.9 Å². The largest absolute Gasteiger partial charge is 0.361 e. The minimum Gasteiger partial charge on any atom is -0.361 e. The summed E-state index contributed by atoms with van der Waals surface area (Å²) >= 11 is 0. The maximum Gasteiger partial charge on any atom is 0.309 e. The molecule has 0 spiro atoms. The monoisotopic (exact) mass is 409 g/mol. The van der Waals surface area contributed by atoms with Crippen LogP contribution in [0.2, 0.25) is 0 Å². The van der Waals surface area contributed by atoms with Crippen LogP contribution < -0.4 is 21.3 Å². The van der Waals surface area contributed by atoms with Crippen LogP contribution >= 0.6 is 0 Å². The van der Waals surface area contributed by atoms with E-state index in [1.807, 2.05) is 31.2 Å². The minimum absolute atomic E-state index is 0.255. The van der Waals surface area contributed by atoms with Gasteiger partial charge in [0, 0.05) is 25.3 Å². The van der Waals surface area contributed by atoms with Crippen molar-refractivity contribution in [2.75, 3.05) is 23.3 Å². The number of benzene rings is 1. The zero-order chi connectivity index (χ0) is 21.7. The SMILES string of the molecule is Cc1nc(N2CCC(C(C)C)CC2)ccc1Nc1ccc(CNC(=O)C(N)=O)cc1. The Morgan fingerprint density at radius 3 is 2.37 bits per heavy atom. The van der Waals surface area contributed by atoms with E-state index in [9.17, 15) is 9.59 Å². The molecule has 2 aromatic rings. The van der Waals surface area contributed by atoms with Crippen molar-refractivity contribution in [3.63, 3.8) is 0 Å². The van der Waals surface area contributed by atoms with E-state index in [-0.39, 0.29) is 6.54 Å². The number of nitrogens with zero attached hydrogens (tertiary/aromatic N) is 2. The molecule has 7 nitrogen and oxygen atoms in total. The molecule has 160 valence electrons. The molecule has 0 saturated carbocycles. The number of aromatic nitrogens is 1.